The number of halogens is 2. The minimum absolute atomic E-state index is 0.193. The van der Waals surface area contributed by atoms with Crippen molar-refractivity contribution in [3.63, 3.8) is 0 Å². The molecule has 0 saturated heterocycles. The first-order chi connectivity index (χ1) is 9.78. The Balaban J connectivity index is 2.39. The number of hydrogen-bond donors (Lipinski definition) is 1. The second-order valence-corrected chi connectivity index (χ2v) is 7.37. The Hall–Kier alpha value is -0.780. The summed E-state index contributed by atoms with van der Waals surface area (Å²) in [6.45, 7) is 2.50. The second kappa shape index (κ2) is 5.78. The molecule has 2 rings (SSSR count). The van der Waals surface area contributed by atoms with Crippen LogP contribution >= 0.6 is 7.60 Å². The smallest absolute Gasteiger partial charge is 0.399 e. The van der Waals surface area contributed by atoms with Gasteiger partial charge in [0.2, 0.25) is 0 Å². The van der Waals surface area contributed by atoms with Gasteiger partial charge in [-0.3, -0.25) is 9.36 Å². The fraction of sp³-hybridized carbons (Fsp3) is 0.769. The van der Waals surface area contributed by atoms with Gasteiger partial charge in [0.1, 0.15) is 0 Å². The highest BCUT2D eigenvalue weighted by molar-refractivity contribution is 7.55. The maximum atomic E-state index is 14.8. The van der Waals surface area contributed by atoms with E-state index in [-0.39, 0.29) is 13.2 Å². The lowest BCUT2D eigenvalue weighted by Crippen LogP contribution is -2.41. The van der Waals surface area contributed by atoms with Crippen molar-refractivity contribution in [2.24, 2.45) is 23.7 Å². The lowest BCUT2D eigenvalue weighted by molar-refractivity contribution is -0.149. The Kier molecular flexibility index (Phi) is 4.57. The van der Waals surface area contributed by atoms with Crippen molar-refractivity contribution in [1.29, 1.82) is 0 Å². The molecule has 2 aliphatic carbocycles. The lowest BCUT2D eigenvalue weighted by atomic mass is 9.83. The summed E-state index contributed by atoms with van der Waals surface area (Å²) in [5, 5.41) is 9.26. The second-order valence-electron chi connectivity index (χ2n) is 5.26. The molecular weight excluding hydrogens is 305 g/mol. The summed E-state index contributed by atoms with van der Waals surface area (Å²) in [5.74, 6) is -5.17. The highest BCUT2D eigenvalue weighted by Crippen LogP contribution is 2.70. The molecule has 2 aliphatic rings. The molecule has 1 fully saturated rings. The Morgan fingerprint density at radius 1 is 1.29 bits per heavy atom. The molecular formula is C13H19F2O5P. The summed E-state index contributed by atoms with van der Waals surface area (Å²) in [4.78, 5) is 11.4. The summed E-state index contributed by atoms with van der Waals surface area (Å²) >= 11 is 0. The first-order valence-corrected chi connectivity index (χ1v) is 8.51. The zero-order chi connectivity index (χ0) is 15.8. The number of allylic oxidation sites excluding steroid dienone is 2. The molecule has 8 heteroatoms. The highest BCUT2D eigenvalue weighted by atomic mass is 31.2. The molecule has 0 unspecified atom stereocenters. The lowest BCUT2D eigenvalue weighted by Gasteiger charge is -2.35. The molecule has 0 aliphatic heterocycles. The van der Waals surface area contributed by atoms with Crippen LogP contribution in [0.2, 0.25) is 0 Å². The third-order valence-corrected chi connectivity index (χ3v) is 6.33. The first-order valence-electron chi connectivity index (χ1n) is 6.96. The molecule has 120 valence electrons. The van der Waals surface area contributed by atoms with Gasteiger partial charge in [0, 0.05) is 0 Å². The van der Waals surface area contributed by atoms with Crippen LogP contribution in [0.3, 0.4) is 0 Å². The van der Waals surface area contributed by atoms with E-state index in [1.165, 1.54) is 13.8 Å². The number of aliphatic carboxylic acids is 1. The van der Waals surface area contributed by atoms with Crippen molar-refractivity contribution in [2.45, 2.75) is 25.9 Å². The van der Waals surface area contributed by atoms with Crippen LogP contribution in [0, 0.1) is 23.7 Å². The predicted molar refractivity (Wildman–Crippen MR) is 71.2 cm³/mol. The Morgan fingerprint density at radius 3 is 2.29 bits per heavy atom. The van der Waals surface area contributed by atoms with Gasteiger partial charge >= 0.3 is 19.2 Å². The fourth-order valence-electron chi connectivity index (χ4n) is 3.36. The predicted octanol–water partition coefficient (Wildman–Crippen LogP) is 3.37. The molecule has 21 heavy (non-hydrogen) atoms. The molecule has 0 aromatic rings. The van der Waals surface area contributed by atoms with Crippen molar-refractivity contribution in [1.82, 2.24) is 0 Å². The van der Waals surface area contributed by atoms with E-state index in [0.29, 0.717) is 6.42 Å². The van der Waals surface area contributed by atoms with E-state index >= 15 is 0 Å². The van der Waals surface area contributed by atoms with E-state index in [1.54, 1.807) is 12.2 Å². The summed E-state index contributed by atoms with van der Waals surface area (Å²) in [6.07, 6.45) is 3.59. The van der Waals surface area contributed by atoms with Crippen LogP contribution in [0.1, 0.15) is 20.3 Å². The van der Waals surface area contributed by atoms with Crippen molar-refractivity contribution in [2.75, 3.05) is 13.2 Å². The van der Waals surface area contributed by atoms with E-state index in [9.17, 15) is 23.2 Å². The molecule has 5 nitrogen and oxygen atoms in total. The van der Waals surface area contributed by atoms with Crippen LogP contribution in [0.5, 0.6) is 0 Å². The number of rotatable bonds is 7. The van der Waals surface area contributed by atoms with E-state index in [0.717, 1.165) is 0 Å². The first kappa shape index (κ1) is 16.6. The molecule has 0 spiro atoms. The fourth-order valence-corrected chi connectivity index (χ4v) is 5.18. The minimum atomic E-state index is -4.71. The maximum absolute atomic E-state index is 14.8. The third kappa shape index (κ3) is 2.56. The van der Waals surface area contributed by atoms with Crippen LogP contribution < -0.4 is 0 Å². The third-order valence-electron chi connectivity index (χ3n) is 4.11. The van der Waals surface area contributed by atoms with Crippen LogP contribution in [0.25, 0.3) is 0 Å². The van der Waals surface area contributed by atoms with Crippen molar-refractivity contribution < 1.29 is 32.3 Å². The number of carboxylic acids is 1. The van der Waals surface area contributed by atoms with Crippen molar-refractivity contribution in [3.05, 3.63) is 12.2 Å². The normalized spacial score (nSPS) is 31.8. The Labute approximate surface area is 121 Å². The number of carboxylic acid groups (broad SMARTS) is 1. The van der Waals surface area contributed by atoms with E-state index in [4.69, 9.17) is 9.05 Å². The van der Waals surface area contributed by atoms with Crippen molar-refractivity contribution >= 4 is 13.6 Å². The van der Waals surface area contributed by atoms with Crippen LogP contribution in [0.15, 0.2) is 12.2 Å². The molecule has 1 saturated carbocycles. The maximum Gasteiger partial charge on any atom is 0.399 e. The molecule has 0 heterocycles. The van der Waals surface area contributed by atoms with Crippen LogP contribution in [0.4, 0.5) is 8.78 Å². The van der Waals surface area contributed by atoms with Gasteiger partial charge in [-0.15, -0.1) is 0 Å². The summed E-state index contributed by atoms with van der Waals surface area (Å²) in [6, 6.07) is 0. The van der Waals surface area contributed by atoms with Gasteiger partial charge in [-0.1, -0.05) is 12.2 Å². The average molecular weight is 324 g/mol. The molecule has 1 N–H and O–H groups in total. The SMILES string of the molecule is CCOP(=O)(OCC)C(F)(F)[C@H]1[C@H](C(=O)O)[C@@H]2C=C[C@H]1C2. The van der Waals surface area contributed by atoms with Gasteiger partial charge in [0.05, 0.1) is 25.0 Å². The van der Waals surface area contributed by atoms with E-state index in [2.05, 4.69) is 0 Å². The number of fused-ring (bicyclic) bond motifs is 2. The Morgan fingerprint density at radius 2 is 1.81 bits per heavy atom. The molecule has 0 aromatic heterocycles. The Bertz CT molecular complexity index is 483. The topological polar surface area (TPSA) is 72.8 Å². The standard InChI is InChI=1S/C13H19F2O5P/c1-3-19-21(18,20-4-2)13(14,15)11-9-6-5-8(7-9)10(11)12(16)17/h5-6,8-11H,3-4,7H2,1-2H3,(H,16,17)/t8-,9+,10-,11-/m1/s1. The monoisotopic (exact) mass is 324 g/mol. The zero-order valence-electron chi connectivity index (χ0n) is 11.9. The molecule has 4 atom stereocenters. The molecule has 2 bridgehead atoms. The number of alkyl halides is 2. The van der Waals surface area contributed by atoms with E-state index < -0.39 is 42.9 Å². The van der Waals surface area contributed by atoms with Gasteiger partial charge in [-0.25, -0.2) is 0 Å². The minimum Gasteiger partial charge on any atom is -0.481 e. The largest absolute Gasteiger partial charge is 0.481 e. The van der Waals surface area contributed by atoms with E-state index in [1.807, 2.05) is 0 Å². The number of carbonyl (C=O) groups is 1. The van der Waals surface area contributed by atoms with Gasteiger partial charge < -0.3 is 14.2 Å². The van der Waals surface area contributed by atoms with Crippen molar-refractivity contribution in [3.8, 4) is 0 Å². The summed E-state index contributed by atoms with van der Waals surface area (Å²) in [7, 11) is -4.71. The summed E-state index contributed by atoms with van der Waals surface area (Å²) < 4.78 is 51.6. The number of hydrogen-bond acceptors (Lipinski definition) is 4. The van der Waals surface area contributed by atoms with Gasteiger partial charge in [-0.05, 0) is 32.1 Å². The van der Waals surface area contributed by atoms with Crippen LogP contribution in [-0.2, 0) is 18.4 Å². The molecule has 0 amide bonds. The van der Waals surface area contributed by atoms with Gasteiger partial charge in [0.15, 0.2) is 0 Å². The molecule has 0 aromatic carbocycles. The van der Waals surface area contributed by atoms with Crippen LogP contribution in [-0.4, -0.2) is 30.0 Å². The van der Waals surface area contributed by atoms with Gasteiger partial charge in [0.25, 0.3) is 0 Å². The summed E-state index contributed by atoms with van der Waals surface area (Å²) in [5.41, 5.74) is -3.83. The molecule has 0 radical (unpaired) electrons. The quantitative estimate of drug-likeness (QED) is 0.574. The highest BCUT2D eigenvalue weighted by Gasteiger charge is 2.67. The zero-order valence-corrected chi connectivity index (χ0v) is 12.8. The van der Waals surface area contributed by atoms with Gasteiger partial charge in [-0.2, -0.15) is 8.78 Å². The average Bonchev–Trinajstić information content (AvgIpc) is 2.99.